The molecular weight excluding hydrogens is 448 g/mol. The fourth-order valence-electron chi connectivity index (χ4n) is 2.52. The van der Waals surface area contributed by atoms with Gasteiger partial charge in [0.1, 0.15) is 4.90 Å². The Kier molecular flexibility index (Phi) is 6.04. The van der Waals surface area contributed by atoms with Crippen LogP contribution in [-0.2, 0) is 14.8 Å². The van der Waals surface area contributed by atoms with E-state index < -0.39 is 16.0 Å². The molecule has 1 amide bonds. The Morgan fingerprint density at radius 3 is 2.54 bits per heavy atom. The summed E-state index contributed by atoms with van der Waals surface area (Å²) in [4.78, 5) is 24.1. The number of para-hydroxylation sites is 1. The number of sulfonamides is 1. The number of anilines is 1. The standard InChI is InChI=1S/C19H19BrN2O5S/c1-2-27-19(24)12-7-10-17(15(20)11-12)28(25,26)22-16-6-4-3-5-14(16)18(23)21-13-8-9-13/h3-7,10-11,13,22H,2,8-9H2,1H3,(H,21,23). The number of ether oxygens (including phenoxy) is 1. The third-order valence-electron chi connectivity index (χ3n) is 4.06. The van der Waals surface area contributed by atoms with Gasteiger partial charge in [-0.3, -0.25) is 9.52 Å². The van der Waals surface area contributed by atoms with Crippen molar-refractivity contribution in [3.63, 3.8) is 0 Å². The second-order valence-corrected chi connectivity index (χ2v) is 8.77. The molecule has 7 nitrogen and oxygen atoms in total. The lowest BCUT2D eigenvalue weighted by molar-refractivity contribution is 0.0526. The average molecular weight is 467 g/mol. The van der Waals surface area contributed by atoms with Crippen LogP contribution < -0.4 is 10.0 Å². The van der Waals surface area contributed by atoms with Crippen LogP contribution in [0.25, 0.3) is 0 Å². The number of carbonyl (C=O) groups excluding carboxylic acids is 2. The minimum atomic E-state index is -4.00. The number of amides is 1. The van der Waals surface area contributed by atoms with E-state index in [0.717, 1.165) is 12.8 Å². The van der Waals surface area contributed by atoms with Gasteiger partial charge in [-0.2, -0.15) is 0 Å². The van der Waals surface area contributed by atoms with Crippen molar-refractivity contribution in [2.24, 2.45) is 0 Å². The molecule has 1 aliphatic carbocycles. The summed E-state index contributed by atoms with van der Waals surface area (Å²) in [5.74, 6) is -0.861. The van der Waals surface area contributed by atoms with Crippen LogP contribution >= 0.6 is 15.9 Å². The zero-order chi connectivity index (χ0) is 20.3. The van der Waals surface area contributed by atoms with Crippen LogP contribution in [0, 0.1) is 0 Å². The summed E-state index contributed by atoms with van der Waals surface area (Å²) in [7, 11) is -4.00. The molecule has 0 spiro atoms. The molecule has 148 valence electrons. The number of nitrogens with one attached hydrogen (secondary N) is 2. The van der Waals surface area contributed by atoms with Crippen molar-refractivity contribution in [1.29, 1.82) is 0 Å². The normalized spacial score (nSPS) is 13.6. The van der Waals surface area contributed by atoms with Crippen LogP contribution in [0.3, 0.4) is 0 Å². The summed E-state index contributed by atoms with van der Waals surface area (Å²) in [5.41, 5.74) is 0.663. The molecule has 0 bridgehead atoms. The molecule has 3 rings (SSSR count). The SMILES string of the molecule is CCOC(=O)c1ccc(S(=O)(=O)Nc2ccccc2C(=O)NC2CC2)c(Br)c1. The number of rotatable bonds is 7. The minimum Gasteiger partial charge on any atom is -0.462 e. The molecule has 0 heterocycles. The Morgan fingerprint density at radius 2 is 1.89 bits per heavy atom. The second kappa shape index (κ2) is 8.32. The number of carbonyl (C=O) groups is 2. The minimum absolute atomic E-state index is 0.0575. The van der Waals surface area contributed by atoms with Gasteiger partial charge in [-0.1, -0.05) is 12.1 Å². The molecule has 1 aliphatic rings. The average Bonchev–Trinajstić information content (AvgIpc) is 3.45. The van der Waals surface area contributed by atoms with Crippen molar-refractivity contribution in [3.05, 3.63) is 58.1 Å². The van der Waals surface area contributed by atoms with Gasteiger partial charge in [0.15, 0.2) is 0 Å². The summed E-state index contributed by atoms with van der Waals surface area (Å²) >= 11 is 3.20. The molecular formula is C19H19BrN2O5S. The van der Waals surface area contributed by atoms with E-state index in [9.17, 15) is 18.0 Å². The summed E-state index contributed by atoms with van der Waals surface area (Å²) in [6.45, 7) is 1.91. The van der Waals surface area contributed by atoms with Crippen LogP contribution in [0.5, 0.6) is 0 Å². The fraction of sp³-hybridized carbons (Fsp3) is 0.263. The maximum atomic E-state index is 12.8. The molecule has 0 saturated heterocycles. The van der Waals surface area contributed by atoms with Gasteiger partial charge in [-0.05, 0) is 66.0 Å². The van der Waals surface area contributed by atoms with Crippen LogP contribution in [0.1, 0.15) is 40.5 Å². The molecule has 0 aromatic heterocycles. The molecule has 0 aliphatic heterocycles. The first-order chi connectivity index (χ1) is 13.3. The molecule has 2 aromatic carbocycles. The molecule has 1 saturated carbocycles. The van der Waals surface area contributed by atoms with Gasteiger partial charge in [0.2, 0.25) is 0 Å². The number of benzene rings is 2. The zero-order valence-electron chi connectivity index (χ0n) is 15.1. The van der Waals surface area contributed by atoms with Crippen molar-refractivity contribution in [2.45, 2.75) is 30.7 Å². The monoisotopic (exact) mass is 466 g/mol. The predicted molar refractivity (Wildman–Crippen MR) is 108 cm³/mol. The van der Waals surface area contributed by atoms with Crippen LogP contribution in [0.4, 0.5) is 5.69 Å². The van der Waals surface area contributed by atoms with E-state index in [1.807, 2.05) is 0 Å². The topological polar surface area (TPSA) is 102 Å². The first-order valence-electron chi connectivity index (χ1n) is 8.71. The van der Waals surface area contributed by atoms with E-state index >= 15 is 0 Å². The van der Waals surface area contributed by atoms with E-state index in [1.54, 1.807) is 25.1 Å². The molecule has 1 fully saturated rings. The number of esters is 1. The lowest BCUT2D eigenvalue weighted by Gasteiger charge is -2.14. The van der Waals surface area contributed by atoms with Gasteiger partial charge in [-0.15, -0.1) is 0 Å². The van der Waals surface area contributed by atoms with E-state index in [0.29, 0.717) is 0 Å². The largest absolute Gasteiger partial charge is 0.462 e. The number of hydrogen-bond acceptors (Lipinski definition) is 5. The Labute approximate surface area is 171 Å². The molecule has 9 heteroatoms. The van der Waals surface area contributed by atoms with E-state index in [4.69, 9.17) is 4.74 Å². The fourth-order valence-corrected chi connectivity index (χ4v) is 4.68. The highest BCUT2D eigenvalue weighted by Crippen LogP contribution is 2.27. The maximum Gasteiger partial charge on any atom is 0.338 e. The van der Waals surface area contributed by atoms with Crippen molar-refractivity contribution >= 4 is 43.5 Å². The maximum absolute atomic E-state index is 12.8. The van der Waals surface area contributed by atoms with Gasteiger partial charge in [0, 0.05) is 10.5 Å². The Morgan fingerprint density at radius 1 is 1.18 bits per heavy atom. The Hall–Kier alpha value is -2.39. The first kappa shape index (κ1) is 20.3. The molecule has 28 heavy (non-hydrogen) atoms. The van der Waals surface area contributed by atoms with Gasteiger partial charge >= 0.3 is 5.97 Å². The van der Waals surface area contributed by atoms with Crippen molar-refractivity contribution < 1.29 is 22.7 Å². The third kappa shape index (κ3) is 4.71. The van der Waals surface area contributed by atoms with E-state index in [2.05, 4.69) is 26.0 Å². The lowest BCUT2D eigenvalue weighted by atomic mass is 10.1. The smallest absolute Gasteiger partial charge is 0.338 e. The summed E-state index contributed by atoms with van der Waals surface area (Å²) in [6, 6.07) is 10.6. The van der Waals surface area contributed by atoms with Crippen LogP contribution in [0.15, 0.2) is 51.8 Å². The lowest BCUT2D eigenvalue weighted by Crippen LogP contribution is -2.27. The van der Waals surface area contributed by atoms with Crippen molar-refractivity contribution in [2.75, 3.05) is 11.3 Å². The molecule has 2 N–H and O–H groups in total. The number of hydrogen-bond donors (Lipinski definition) is 2. The van der Waals surface area contributed by atoms with Crippen molar-refractivity contribution in [1.82, 2.24) is 5.32 Å². The molecule has 0 atom stereocenters. The van der Waals surface area contributed by atoms with Crippen LogP contribution in [-0.4, -0.2) is 32.9 Å². The second-order valence-electron chi connectivity index (χ2n) is 6.26. The first-order valence-corrected chi connectivity index (χ1v) is 11.0. The van der Waals surface area contributed by atoms with E-state index in [-0.39, 0.29) is 44.7 Å². The van der Waals surface area contributed by atoms with Gasteiger partial charge < -0.3 is 10.1 Å². The molecule has 0 unspecified atom stereocenters. The zero-order valence-corrected chi connectivity index (χ0v) is 17.5. The van der Waals surface area contributed by atoms with Gasteiger partial charge in [-0.25, -0.2) is 13.2 Å². The Balaban J connectivity index is 1.86. The number of halogens is 1. The highest BCUT2D eigenvalue weighted by Gasteiger charge is 2.26. The molecule has 2 aromatic rings. The summed E-state index contributed by atoms with van der Waals surface area (Å²) in [5, 5.41) is 2.84. The third-order valence-corrected chi connectivity index (χ3v) is 6.40. The molecule has 0 radical (unpaired) electrons. The van der Waals surface area contributed by atoms with Crippen molar-refractivity contribution in [3.8, 4) is 0 Å². The van der Waals surface area contributed by atoms with Gasteiger partial charge in [0.25, 0.3) is 15.9 Å². The predicted octanol–water partition coefficient (Wildman–Crippen LogP) is 3.32. The van der Waals surface area contributed by atoms with E-state index in [1.165, 1.54) is 24.3 Å². The summed E-state index contributed by atoms with van der Waals surface area (Å²) in [6.07, 6.45) is 1.86. The highest BCUT2D eigenvalue weighted by molar-refractivity contribution is 9.10. The Bertz CT molecular complexity index is 1020. The van der Waals surface area contributed by atoms with Gasteiger partial charge in [0.05, 0.1) is 23.4 Å². The summed E-state index contributed by atoms with van der Waals surface area (Å²) < 4.78 is 33.3. The quantitative estimate of drug-likeness (QED) is 0.609. The van der Waals surface area contributed by atoms with Crippen LogP contribution in [0.2, 0.25) is 0 Å². The highest BCUT2D eigenvalue weighted by atomic mass is 79.9.